The van der Waals surface area contributed by atoms with E-state index in [-0.39, 0.29) is 5.75 Å². The van der Waals surface area contributed by atoms with Gasteiger partial charge in [-0.1, -0.05) is 11.3 Å². The fourth-order valence-corrected chi connectivity index (χ4v) is 2.27. The van der Waals surface area contributed by atoms with Crippen molar-refractivity contribution < 1.29 is 9.13 Å². The molecule has 0 saturated carbocycles. The zero-order valence-electron chi connectivity index (χ0n) is 9.89. The Morgan fingerprint density at radius 3 is 2.78 bits per heavy atom. The molecule has 2 rings (SSSR count). The Morgan fingerprint density at radius 2 is 2.22 bits per heavy atom. The molecule has 0 aliphatic heterocycles. The maximum absolute atomic E-state index is 13.3. The Hall–Kier alpha value is -1.47. The number of nitrogens with zero attached hydrogens (tertiary/aromatic N) is 3. The zero-order chi connectivity index (χ0) is 13.3. The minimum Gasteiger partial charge on any atom is -0.494 e. The monoisotopic (exact) mass is 314 g/mol. The summed E-state index contributed by atoms with van der Waals surface area (Å²) in [7, 11) is 3.16. The largest absolute Gasteiger partial charge is 0.494 e. The van der Waals surface area contributed by atoms with E-state index < -0.39 is 11.9 Å². The minimum absolute atomic E-state index is 0.161. The van der Waals surface area contributed by atoms with Crippen molar-refractivity contribution in [1.82, 2.24) is 15.0 Å². The van der Waals surface area contributed by atoms with Gasteiger partial charge in [0.25, 0.3) is 0 Å². The summed E-state index contributed by atoms with van der Waals surface area (Å²) >= 11 is 3.29. The molecule has 0 aliphatic rings. The van der Waals surface area contributed by atoms with Gasteiger partial charge in [0, 0.05) is 7.05 Å². The molecule has 0 bridgehead atoms. The predicted octanol–water partition coefficient (Wildman–Crippen LogP) is 1.77. The van der Waals surface area contributed by atoms with Crippen LogP contribution in [0.1, 0.15) is 17.3 Å². The van der Waals surface area contributed by atoms with E-state index in [4.69, 9.17) is 10.5 Å². The molecule has 2 N–H and O–H groups in total. The van der Waals surface area contributed by atoms with Gasteiger partial charge in [-0.15, -0.1) is 5.10 Å². The summed E-state index contributed by atoms with van der Waals surface area (Å²) < 4.78 is 20.4. The van der Waals surface area contributed by atoms with Gasteiger partial charge in [-0.25, -0.2) is 9.07 Å². The molecule has 2 aromatic rings. The highest BCUT2D eigenvalue weighted by molar-refractivity contribution is 9.10. The van der Waals surface area contributed by atoms with E-state index in [1.54, 1.807) is 23.9 Å². The van der Waals surface area contributed by atoms with Gasteiger partial charge in [-0.2, -0.15) is 0 Å². The lowest BCUT2D eigenvalue weighted by atomic mass is 10.0. The van der Waals surface area contributed by atoms with Crippen LogP contribution in [0.2, 0.25) is 0 Å². The molecule has 0 spiro atoms. The number of methoxy groups -OCH3 is 1. The molecule has 1 heterocycles. The molecule has 1 atom stereocenters. The molecule has 1 aromatic carbocycles. The van der Waals surface area contributed by atoms with Crippen LogP contribution in [0.5, 0.6) is 5.75 Å². The standard InChI is InChI=1S/C11H12BrFN4O/c1-17-10(11(12)15-16-17)9(14)6-3-4-7(13)8(5-6)18-2/h3-5,9H,14H2,1-2H3. The van der Waals surface area contributed by atoms with Crippen molar-refractivity contribution in [2.45, 2.75) is 6.04 Å². The number of aromatic nitrogens is 3. The molecular formula is C11H12BrFN4O. The second kappa shape index (κ2) is 5.03. The van der Waals surface area contributed by atoms with Gasteiger partial charge in [-0.3, -0.25) is 0 Å². The van der Waals surface area contributed by atoms with Crippen LogP contribution in [-0.4, -0.2) is 22.1 Å². The quantitative estimate of drug-likeness (QED) is 0.937. The van der Waals surface area contributed by atoms with Crippen molar-refractivity contribution in [1.29, 1.82) is 0 Å². The Balaban J connectivity index is 2.43. The smallest absolute Gasteiger partial charge is 0.165 e. The van der Waals surface area contributed by atoms with Crippen LogP contribution in [0, 0.1) is 5.82 Å². The third kappa shape index (κ3) is 2.23. The molecule has 96 valence electrons. The highest BCUT2D eigenvalue weighted by Crippen LogP contribution is 2.28. The molecule has 5 nitrogen and oxygen atoms in total. The minimum atomic E-state index is -0.464. The number of nitrogens with two attached hydrogens (primary N) is 1. The third-order valence-electron chi connectivity index (χ3n) is 2.66. The molecule has 0 amide bonds. The van der Waals surface area contributed by atoms with Gasteiger partial charge < -0.3 is 10.5 Å². The van der Waals surface area contributed by atoms with Gasteiger partial charge in [0.05, 0.1) is 18.8 Å². The number of benzene rings is 1. The first-order valence-electron chi connectivity index (χ1n) is 5.18. The van der Waals surface area contributed by atoms with Gasteiger partial charge in [-0.05, 0) is 33.6 Å². The van der Waals surface area contributed by atoms with Crippen molar-refractivity contribution in [2.24, 2.45) is 12.8 Å². The van der Waals surface area contributed by atoms with Crippen LogP contribution in [0.25, 0.3) is 0 Å². The summed E-state index contributed by atoms with van der Waals surface area (Å²) in [4.78, 5) is 0. The van der Waals surface area contributed by atoms with E-state index in [0.29, 0.717) is 10.3 Å². The summed E-state index contributed by atoms with van der Waals surface area (Å²) in [6, 6.07) is 4.04. The van der Waals surface area contributed by atoms with Crippen molar-refractivity contribution in [2.75, 3.05) is 7.11 Å². The Bertz CT molecular complexity index is 553. The Kier molecular flexibility index (Phi) is 3.63. The molecule has 7 heteroatoms. The summed E-state index contributed by atoms with van der Waals surface area (Å²) in [6.07, 6.45) is 0. The summed E-state index contributed by atoms with van der Waals surface area (Å²) in [5, 5.41) is 7.72. The van der Waals surface area contributed by atoms with Crippen molar-refractivity contribution in [3.63, 3.8) is 0 Å². The van der Waals surface area contributed by atoms with Crippen LogP contribution in [0.3, 0.4) is 0 Å². The lowest BCUT2D eigenvalue weighted by Crippen LogP contribution is -2.16. The zero-order valence-corrected chi connectivity index (χ0v) is 11.5. The number of halogens is 2. The second-order valence-electron chi connectivity index (χ2n) is 3.76. The molecule has 0 aliphatic carbocycles. The topological polar surface area (TPSA) is 66.0 Å². The highest BCUT2D eigenvalue weighted by atomic mass is 79.9. The van der Waals surface area contributed by atoms with E-state index in [1.165, 1.54) is 13.2 Å². The fraction of sp³-hybridized carbons (Fsp3) is 0.273. The summed E-state index contributed by atoms with van der Waals surface area (Å²) in [5.74, 6) is -0.259. The number of rotatable bonds is 3. The van der Waals surface area contributed by atoms with E-state index in [9.17, 15) is 4.39 Å². The third-order valence-corrected chi connectivity index (χ3v) is 3.22. The number of hydrogen-bond acceptors (Lipinski definition) is 4. The van der Waals surface area contributed by atoms with Crippen molar-refractivity contribution >= 4 is 15.9 Å². The van der Waals surface area contributed by atoms with Crippen LogP contribution in [0.4, 0.5) is 4.39 Å². The highest BCUT2D eigenvalue weighted by Gasteiger charge is 2.19. The van der Waals surface area contributed by atoms with Crippen LogP contribution < -0.4 is 10.5 Å². The summed E-state index contributed by atoms with van der Waals surface area (Å²) in [5.41, 5.74) is 7.56. The van der Waals surface area contributed by atoms with Gasteiger partial charge >= 0.3 is 0 Å². The van der Waals surface area contributed by atoms with Gasteiger partial charge in [0.1, 0.15) is 0 Å². The van der Waals surface area contributed by atoms with Crippen LogP contribution in [-0.2, 0) is 7.05 Å². The molecule has 1 unspecified atom stereocenters. The molecule has 0 fully saturated rings. The van der Waals surface area contributed by atoms with Gasteiger partial charge in [0.2, 0.25) is 0 Å². The Labute approximate surface area is 112 Å². The lowest BCUT2D eigenvalue weighted by Gasteiger charge is -2.13. The van der Waals surface area contributed by atoms with Crippen LogP contribution in [0.15, 0.2) is 22.8 Å². The molecule has 0 radical (unpaired) electrons. The molecule has 0 saturated heterocycles. The van der Waals surface area contributed by atoms with Crippen LogP contribution >= 0.6 is 15.9 Å². The fourth-order valence-electron chi connectivity index (χ4n) is 1.70. The van der Waals surface area contributed by atoms with E-state index in [2.05, 4.69) is 26.2 Å². The second-order valence-corrected chi connectivity index (χ2v) is 4.51. The van der Waals surface area contributed by atoms with Gasteiger partial charge in [0.15, 0.2) is 16.2 Å². The van der Waals surface area contributed by atoms with E-state index >= 15 is 0 Å². The van der Waals surface area contributed by atoms with Crippen molar-refractivity contribution in [3.8, 4) is 5.75 Å². The lowest BCUT2D eigenvalue weighted by molar-refractivity contribution is 0.385. The molecular weight excluding hydrogens is 303 g/mol. The normalized spacial score (nSPS) is 12.5. The SMILES string of the molecule is COc1cc(C(N)c2c(Br)nnn2C)ccc1F. The average molecular weight is 315 g/mol. The maximum Gasteiger partial charge on any atom is 0.165 e. The predicted molar refractivity (Wildman–Crippen MR) is 67.7 cm³/mol. The number of aryl methyl sites for hydroxylation is 1. The average Bonchev–Trinajstić information content (AvgIpc) is 2.69. The molecule has 1 aromatic heterocycles. The van der Waals surface area contributed by atoms with E-state index in [1.807, 2.05) is 0 Å². The first kappa shape index (κ1) is 13.0. The first-order chi connectivity index (χ1) is 8.54. The molecule has 18 heavy (non-hydrogen) atoms. The first-order valence-corrected chi connectivity index (χ1v) is 5.98. The summed E-state index contributed by atoms with van der Waals surface area (Å²) in [6.45, 7) is 0. The van der Waals surface area contributed by atoms with Crippen molar-refractivity contribution in [3.05, 3.63) is 39.9 Å². The number of ether oxygens (including phenoxy) is 1. The Morgan fingerprint density at radius 1 is 1.50 bits per heavy atom. The van der Waals surface area contributed by atoms with E-state index in [0.717, 1.165) is 5.56 Å². The maximum atomic E-state index is 13.3. The number of hydrogen-bond donors (Lipinski definition) is 1.